The predicted molar refractivity (Wildman–Crippen MR) is 59.8 cm³/mol. The Balaban J connectivity index is 2.37. The van der Waals surface area contributed by atoms with E-state index in [9.17, 15) is 5.11 Å². The van der Waals surface area contributed by atoms with Crippen molar-refractivity contribution in [1.29, 1.82) is 0 Å². The average molecular weight is 220 g/mol. The topological polar surface area (TPSA) is 33.1 Å². The Morgan fingerprint density at radius 3 is 2.47 bits per heavy atom. The molecule has 2 rings (SSSR count). The van der Waals surface area contributed by atoms with E-state index in [1.54, 1.807) is 24.4 Å². The van der Waals surface area contributed by atoms with Gasteiger partial charge in [0.2, 0.25) is 0 Å². The number of aliphatic hydroxyl groups is 1. The van der Waals surface area contributed by atoms with Crippen LogP contribution in [0.1, 0.15) is 17.4 Å². The highest BCUT2D eigenvalue weighted by Crippen LogP contribution is 2.26. The van der Waals surface area contributed by atoms with Crippen molar-refractivity contribution in [2.75, 3.05) is 0 Å². The largest absolute Gasteiger partial charge is 0.382 e. The zero-order valence-corrected chi connectivity index (χ0v) is 8.72. The Morgan fingerprint density at radius 2 is 1.80 bits per heavy atom. The summed E-state index contributed by atoms with van der Waals surface area (Å²) in [5, 5.41) is 10.6. The summed E-state index contributed by atoms with van der Waals surface area (Å²) in [5.41, 5.74) is 1.28. The maximum absolute atomic E-state index is 10.0. The fraction of sp³-hybridized carbons (Fsp3) is 0.0833. The fourth-order valence-electron chi connectivity index (χ4n) is 1.39. The first-order valence-corrected chi connectivity index (χ1v) is 5.00. The summed E-state index contributed by atoms with van der Waals surface area (Å²) in [4.78, 5) is 4.09. The van der Waals surface area contributed by atoms with Gasteiger partial charge in [-0.3, -0.25) is 4.98 Å². The van der Waals surface area contributed by atoms with E-state index in [1.165, 1.54) is 0 Å². The predicted octanol–water partition coefficient (Wildman–Crippen LogP) is 2.82. The van der Waals surface area contributed by atoms with Gasteiger partial charge in [-0.15, -0.1) is 0 Å². The summed E-state index contributed by atoms with van der Waals surface area (Å²) in [6.07, 6.45) is 0.884. The Kier molecular flexibility index (Phi) is 2.99. The lowest BCUT2D eigenvalue weighted by molar-refractivity contribution is 0.215. The molecule has 0 radical (unpaired) electrons. The molecular formula is C12H10ClNO. The van der Waals surface area contributed by atoms with Gasteiger partial charge < -0.3 is 5.11 Å². The highest BCUT2D eigenvalue weighted by molar-refractivity contribution is 6.31. The molecule has 0 amide bonds. The quantitative estimate of drug-likeness (QED) is 0.843. The van der Waals surface area contributed by atoms with Crippen LogP contribution in [0.25, 0.3) is 0 Å². The minimum absolute atomic E-state index is 0.552. The van der Waals surface area contributed by atoms with Gasteiger partial charge in [0.05, 0.1) is 5.69 Å². The molecule has 0 saturated carbocycles. The monoisotopic (exact) mass is 219 g/mol. The van der Waals surface area contributed by atoms with E-state index < -0.39 is 6.10 Å². The third-order valence-corrected chi connectivity index (χ3v) is 2.51. The lowest BCUT2D eigenvalue weighted by atomic mass is 10.1. The molecule has 0 aliphatic carbocycles. The lowest BCUT2D eigenvalue weighted by Gasteiger charge is -2.11. The molecule has 0 fully saturated rings. The van der Waals surface area contributed by atoms with Gasteiger partial charge in [0, 0.05) is 16.8 Å². The van der Waals surface area contributed by atoms with Gasteiger partial charge in [-0.1, -0.05) is 35.9 Å². The molecule has 15 heavy (non-hydrogen) atoms. The van der Waals surface area contributed by atoms with Gasteiger partial charge >= 0.3 is 0 Å². The number of nitrogens with zero attached hydrogens (tertiary/aromatic N) is 1. The van der Waals surface area contributed by atoms with E-state index in [4.69, 9.17) is 11.6 Å². The second-order valence-electron chi connectivity index (χ2n) is 3.18. The highest BCUT2D eigenvalue weighted by Gasteiger charge is 2.13. The number of benzene rings is 1. The molecule has 2 nitrogen and oxygen atoms in total. The number of hydrogen-bond acceptors (Lipinski definition) is 2. The van der Waals surface area contributed by atoms with Crippen LogP contribution >= 0.6 is 11.6 Å². The second-order valence-corrected chi connectivity index (χ2v) is 3.59. The molecule has 0 unspecified atom stereocenters. The normalized spacial score (nSPS) is 12.4. The summed E-state index contributed by atoms with van der Waals surface area (Å²) in [5.74, 6) is 0. The van der Waals surface area contributed by atoms with E-state index in [1.807, 2.05) is 24.3 Å². The van der Waals surface area contributed by atoms with E-state index in [0.29, 0.717) is 16.3 Å². The number of aromatic nitrogens is 1. The number of halogens is 1. The first-order valence-electron chi connectivity index (χ1n) is 4.62. The van der Waals surface area contributed by atoms with Crippen molar-refractivity contribution < 1.29 is 5.11 Å². The van der Waals surface area contributed by atoms with Crippen LogP contribution in [0.3, 0.4) is 0 Å². The third-order valence-electron chi connectivity index (χ3n) is 2.17. The summed E-state index contributed by atoms with van der Waals surface area (Å²) >= 11 is 5.98. The molecule has 1 aromatic carbocycles. The van der Waals surface area contributed by atoms with E-state index in [-0.39, 0.29) is 0 Å². The second kappa shape index (κ2) is 4.43. The van der Waals surface area contributed by atoms with Crippen LogP contribution in [0.4, 0.5) is 0 Å². The molecule has 3 heteroatoms. The molecule has 0 bridgehead atoms. The molecule has 1 aromatic heterocycles. The standard InChI is InChI=1S/C12H10ClNO/c13-10-6-2-1-5-9(10)12(15)11-7-3-4-8-14-11/h1-8,12,15H/t12-/m1/s1. The van der Waals surface area contributed by atoms with Crippen LogP contribution in [-0.2, 0) is 0 Å². The number of rotatable bonds is 2. The molecule has 0 saturated heterocycles. The molecule has 2 aromatic rings. The smallest absolute Gasteiger partial charge is 0.122 e. The van der Waals surface area contributed by atoms with Crippen LogP contribution in [0.2, 0.25) is 5.02 Å². The SMILES string of the molecule is O[C@@H](c1ccccn1)c1ccccc1Cl. The Morgan fingerprint density at radius 1 is 1.07 bits per heavy atom. The van der Waals surface area contributed by atoms with Gasteiger partial charge in [-0.05, 0) is 18.2 Å². The molecule has 0 aliphatic rings. The van der Waals surface area contributed by atoms with Gasteiger partial charge in [0.25, 0.3) is 0 Å². The van der Waals surface area contributed by atoms with Crippen LogP contribution in [0, 0.1) is 0 Å². The molecule has 0 spiro atoms. The number of aliphatic hydroxyl groups excluding tert-OH is 1. The number of hydrogen-bond donors (Lipinski definition) is 1. The lowest BCUT2D eigenvalue weighted by Crippen LogP contribution is -2.02. The molecule has 1 heterocycles. The zero-order valence-electron chi connectivity index (χ0n) is 7.97. The van der Waals surface area contributed by atoms with Gasteiger partial charge in [0.15, 0.2) is 0 Å². The van der Waals surface area contributed by atoms with Crippen molar-refractivity contribution >= 4 is 11.6 Å². The van der Waals surface area contributed by atoms with Crippen LogP contribution in [0.5, 0.6) is 0 Å². The van der Waals surface area contributed by atoms with E-state index in [0.717, 1.165) is 0 Å². The molecular weight excluding hydrogens is 210 g/mol. The maximum Gasteiger partial charge on any atom is 0.122 e. The van der Waals surface area contributed by atoms with Crippen molar-refractivity contribution in [2.24, 2.45) is 0 Å². The Hall–Kier alpha value is -1.38. The first-order chi connectivity index (χ1) is 7.29. The van der Waals surface area contributed by atoms with Crippen LogP contribution in [-0.4, -0.2) is 10.1 Å². The summed E-state index contributed by atoms with van der Waals surface area (Å²) in [7, 11) is 0. The Bertz CT molecular complexity index is 444. The minimum Gasteiger partial charge on any atom is -0.382 e. The maximum atomic E-state index is 10.0. The Labute approximate surface area is 93.2 Å². The minimum atomic E-state index is -0.764. The zero-order chi connectivity index (χ0) is 10.7. The summed E-state index contributed by atoms with van der Waals surface area (Å²) < 4.78 is 0. The van der Waals surface area contributed by atoms with Gasteiger partial charge in [-0.2, -0.15) is 0 Å². The third kappa shape index (κ3) is 2.17. The molecule has 1 N–H and O–H groups in total. The van der Waals surface area contributed by atoms with Crippen molar-refractivity contribution in [3.05, 3.63) is 64.9 Å². The van der Waals surface area contributed by atoms with Gasteiger partial charge in [-0.25, -0.2) is 0 Å². The van der Waals surface area contributed by atoms with E-state index in [2.05, 4.69) is 4.98 Å². The van der Waals surface area contributed by atoms with Crippen molar-refractivity contribution in [1.82, 2.24) is 4.98 Å². The van der Waals surface area contributed by atoms with Crippen molar-refractivity contribution in [2.45, 2.75) is 6.10 Å². The van der Waals surface area contributed by atoms with E-state index >= 15 is 0 Å². The number of pyridine rings is 1. The molecule has 1 atom stereocenters. The summed E-state index contributed by atoms with van der Waals surface area (Å²) in [6.45, 7) is 0. The van der Waals surface area contributed by atoms with Crippen LogP contribution < -0.4 is 0 Å². The van der Waals surface area contributed by atoms with Crippen molar-refractivity contribution in [3.8, 4) is 0 Å². The highest BCUT2D eigenvalue weighted by atomic mass is 35.5. The molecule has 76 valence electrons. The summed E-state index contributed by atoms with van der Waals surface area (Å²) in [6, 6.07) is 12.6. The first kappa shape index (κ1) is 10.1. The molecule has 0 aliphatic heterocycles. The van der Waals surface area contributed by atoms with Gasteiger partial charge in [0.1, 0.15) is 6.10 Å². The average Bonchev–Trinajstić information content (AvgIpc) is 2.30. The van der Waals surface area contributed by atoms with Crippen LogP contribution in [0.15, 0.2) is 48.7 Å². The van der Waals surface area contributed by atoms with Crippen molar-refractivity contribution in [3.63, 3.8) is 0 Å². The fourth-order valence-corrected chi connectivity index (χ4v) is 1.63.